The molecule has 1 heterocycles. The van der Waals surface area contributed by atoms with Gasteiger partial charge in [0.05, 0.1) is 12.9 Å². The summed E-state index contributed by atoms with van der Waals surface area (Å²) in [6.45, 7) is 1.98. The van der Waals surface area contributed by atoms with Crippen molar-refractivity contribution in [1.29, 1.82) is 0 Å². The van der Waals surface area contributed by atoms with Gasteiger partial charge in [0.15, 0.2) is 0 Å². The zero-order chi connectivity index (χ0) is 9.80. The highest BCUT2D eigenvalue weighted by Crippen LogP contribution is 2.20. The predicted octanol–water partition coefficient (Wildman–Crippen LogP) is 1.42. The molecule has 1 aliphatic heterocycles. The van der Waals surface area contributed by atoms with Gasteiger partial charge in [0, 0.05) is 24.3 Å². The van der Waals surface area contributed by atoms with Crippen LogP contribution in [-0.2, 0) is 6.61 Å². The Kier molecular flexibility index (Phi) is 2.79. The molecular formula is C11H14N2O. The van der Waals surface area contributed by atoms with Crippen LogP contribution in [0.25, 0.3) is 0 Å². The molecule has 1 aromatic carbocycles. The van der Waals surface area contributed by atoms with Crippen molar-refractivity contribution in [3.8, 4) is 0 Å². The topological polar surface area (TPSA) is 35.8 Å². The molecule has 1 aromatic rings. The summed E-state index contributed by atoms with van der Waals surface area (Å²) in [7, 11) is 0. The minimum Gasteiger partial charge on any atom is -0.392 e. The molecule has 0 saturated carbocycles. The maximum atomic E-state index is 9.18. The molecule has 0 unspecified atom stereocenters. The van der Waals surface area contributed by atoms with E-state index in [1.54, 1.807) is 0 Å². The lowest BCUT2D eigenvalue weighted by Gasteiger charge is -2.24. The van der Waals surface area contributed by atoms with E-state index >= 15 is 0 Å². The van der Waals surface area contributed by atoms with Crippen LogP contribution in [0.2, 0.25) is 0 Å². The van der Waals surface area contributed by atoms with Crippen LogP contribution in [-0.4, -0.2) is 24.5 Å². The quantitative estimate of drug-likeness (QED) is 0.765. The highest BCUT2D eigenvalue weighted by atomic mass is 16.3. The molecule has 2 rings (SSSR count). The second kappa shape index (κ2) is 4.24. The number of aliphatic hydroxyl groups excluding tert-OH is 1. The van der Waals surface area contributed by atoms with Gasteiger partial charge in [0.1, 0.15) is 0 Å². The van der Waals surface area contributed by atoms with Crippen molar-refractivity contribution in [2.75, 3.05) is 18.0 Å². The number of aliphatic imine (C=N–C) groups is 1. The zero-order valence-electron chi connectivity index (χ0n) is 8.06. The van der Waals surface area contributed by atoms with E-state index in [0.29, 0.717) is 0 Å². The number of benzene rings is 1. The molecule has 1 aliphatic rings. The highest BCUT2D eigenvalue weighted by Gasteiger charge is 2.10. The summed E-state index contributed by atoms with van der Waals surface area (Å²) in [4.78, 5) is 6.32. The average Bonchev–Trinajstić information content (AvgIpc) is 2.30. The van der Waals surface area contributed by atoms with Crippen molar-refractivity contribution < 1.29 is 5.11 Å². The number of hydrogen-bond acceptors (Lipinski definition) is 3. The number of para-hydroxylation sites is 1. The largest absolute Gasteiger partial charge is 0.392 e. The molecule has 0 spiro atoms. The van der Waals surface area contributed by atoms with Crippen LogP contribution in [0.3, 0.4) is 0 Å². The molecule has 0 amide bonds. The lowest BCUT2D eigenvalue weighted by Crippen LogP contribution is -2.27. The van der Waals surface area contributed by atoms with Gasteiger partial charge in [0.25, 0.3) is 0 Å². The fraction of sp³-hybridized carbons (Fsp3) is 0.364. The highest BCUT2D eigenvalue weighted by molar-refractivity contribution is 5.81. The van der Waals surface area contributed by atoms with Crippen LogP contribution >= 0.6 is 0 Å². The fourth-order valence-corrected chi connectivity index (χ4v) is 1.65. The summed E-state index contributed by atoms with van der Waals surface area (Å²) >= 11 is 0. The smallest absolute Gasteiger partial charge is 0.0894 e. The van der Waals surface area contributed by atoms with Crippen molar-refractivity contribution in [1.82, 2.24) is 0 Å². The van der Waals surface area contributed by atoms with Crippen molar-refractivity contribution >= 4 is 12.0 Å². The van der Waals surface area contributed by atoms with Crippen LogP contribution in [0.5, 0.6) is 0 Å². The molecule has 3 heteroatoms. The van der Waals surface area contributed by atoms with Crippen molar-refractivity contribution in [3.63, 3.8) is 0 Å². The number of hydrogen-bond donors (Lipinski definition) is 1. The fourth-order valence-electron chi connectivity index (χ4n) is 1.65. The summed E-state index contributed by atoms with van der Waals surface area (Å²) in [5.41, 5.74) is 2.03. The van der Waals surface area contributed by atoms with Gasteiger partial charge in [-0.3, -0.25) is 4.99 Å². The Bertz CT molecular complexity index is 336. The lowest BCUT2D eigenvalue weighted by molar-refractivity contribution is 0.282. The molecule has 3 nitrogen and oxygen atoms in total. The van der Waals surface area contributed by atoms with E-state index in [1.807, 2.05) is 30.6 Å². The first-order valence-corrected chi connectivity index (χ1v) is 4.87. The third-order valence-corrected chi connectivity index (χ3v) is 2.38. The van der Waals surface area contributed by atoms with E-state index in [9.17, 15) is 5.11 Å². The molecule has 0 radical (unpaired) electrons. The second-order valence-electron chi connectivity index (χ2n) is 3.36. The summed E-state index contributed by atoms with van der Waals surface area (Å²) in [6, 6.07) is 7.88. The third-order valence-electron chi connectivity index (χ3n) is 2.38. The van der Waals surface area contributed by atoms with Gasteiger partial charge in [-0.25, -0.2) is 0 Å². The summed E-state index contributed by atoms with van der Waals surface area (Å²) in [5.74, 6) is 0. The Hall–Kier alpha value is -1.35. The number of aliphatic hydroxyl groups is 1. The normalized spacial score (nSPS) is 15.9. The van der Waals surface area contributed by atoms with Gasteiger partial charge >= 0.3 is 0 Å². The Morgan fingerprint density at radius 3 is 2.93 bits per heavy atom. The number of anilines is 1. The van der Waals surface area contributed by atoms with Crippen LogP contribution in [0.15, 0.2) is 29.3 Å². The van der Waals surface area contributed by atoms with Gasteiger partial charge in [-0.2, -0.15) is 0 Å². The van der Waals surface area contributed by atoms with Gasteiger partial charge in [-0.1, -0.05) is 18.2 Å². The predicted molar refractivity (Wildman–Crippen MR) is 57.7 cm³/mol. The minimum absolute atomic E-state index is 0.0838. The standard InChI is InChI=1S/C11H14N2O/c14-8-10-4-1-2-5-11(10)13-7-3-6-12-9-13/h1-2,4-5,9,14H,3,6-8H2. The summed E-state index contributed by atoms with van der Waals surface area (Å²) < 4.78 is 0. The molecule has 0 aromatic heterocycles. The van der Waals surface area contributed by atoms with E-state index in [1.165, 1.54) is 0 Å². The zero-order valence-corrected chi connectivity index (χ0v) is 8.06. The monoisotopic (exact) mass is 190 g/mol. The summed E-state index contributed by atoms with van der Waals surface area (Å²) in [5, 5.41) is 9.18. The molecule has 0 atom stereocenters. The van der Waals surface area contributed by atoms with E-state index in [-0.39, 0.29) is 6.61 Å². The van der Waals surface area contributed by atoms with Crippen LogP contribution in [0.4, 0.5) is 5.69 Å². The van der Waals surface area contributed by atoms with Gasteiger partial charge < -0.3 is 10.0 Å². The van der Waals surface area contributed by atoms with E-state index in [4.69, 9.17) is 0 Å². The van der Waals surface area contributed by atoms with Crippen LogP contribution in [0.1, 0.15) is 12.0 Å². The SMILES string of the molecule is OCc1ccccc1N1C=NCCC1. The van der Waals surface area contributed by atoms with Crippen molar-refractivity contribution in [2.45, 2.75) is 13.0 Å². The first-order chi connectivity index (χ1) is 6.92. The van der Waals surface area contributed by atoms with E-state index < -0.39 is 0 Å². The Morgan fingerprint density at radius 1 is 1.36 bits per heavy atom. The average molecular weight is 190 g/mol. The third kappa shape index (κ3) is 1.77. The maximum absolute atomic E-state index is 9.18. The minimum atomic E-state index is 0.0838. The first kappa shape index (κ1) is 9.21. The molecule has 0 fully saturated rings. The van der Waals surface area contributed by atoms with Crippen LogP contribution in [0, 0.1) is 0 Å². The van der Waals surface area contributed by atoms with Crippen molar-refractivity contribution in [3.05, 3.63) is 29.8 Å². The molecule has 74 valence electrons. The van der Waals surface area contributed by atoms with E-state index in [2.05, 4.69) is 9.89 Å². The Labute approximate surface area is 83.7 Å². The first-order valence-electron chi connectivity index (χ1n) is 4.87. The maximum Gasteiger partial charge on any atom is 0.0894 e. The lowest BCUT2D eigenvalue weighted by atomic mass is 10.1. The van der Waals surface area contributed by atoms with Crippen molar-refractivity contribution in [2.24, 2.45) is 4.99 Å². The molecule has 0 aliphatic carbocycles. The molecular weight excluding hydrogens is 176 g/mol. The molecule has 1 N–H and O–H groups in total. The van der Waals surface area contributed by atoms with Gasteiger partial charge in [0.2, 0.25) is 0 Å². The Morgan fingerprint density at radius 2 is 2.21 bits per heavy atom. The molecule has 0 bridgehead atoms. The second-order valence-corrected chi connectivity index (χ2v) is 3.36. The van der Waals surface area contributed by atoms with Gasteiger partial charge in [-0.05, 0) is 12.5 Å². The number of rotatable bonds is 2. The van der Waals surface area contributed by atoms with Gasteiger partial charge in [-0.15, -0.1) is 0 Å². The summed E-state index contributed by atoms with van der Waals surface area (Å²) in [6.07, 6.45) is 2.94. The Balaban J connectivity index is 2.29. The van der Waals surface area contributed by atoms with Crippen LogP contribution < -0.4 is 4.90 Å². The molecule has 14 heavy (non-hydrogen) atoms. The van der Waals surface area contributed by atoms with E-state index in [0.717, 1.165) is 30.8 Å². The molecule has 0 saturated heterocycles. The number of nitrogens with zero attached hydrogens (tertiary/aromatic N) is 2.